The highest BCUT2D eigenvalue weighted by Crippen LogP contribution is 2.15. The molecule has 0 amide bonds. The molecular weight excluding hydrogens is 253 g/mol. The molecule has 1 aromatic heterocycles. The first-order valence-electron chi connectivity index (χ1n) is 7.64. The van der Waals surface area contributed by atoms with Crippen molar-refractivity contribution in [2.24, 2.45) is 5.92 Å². The van der Waals surface area contributed by atoms with Crippen LogP contribution >= 0.6 is 0 Å². The van der Waals surface area contributed by atoms with Crippen LogP contribution in [0.2, 0.25) is 0 Å². The van der Waals surface area contributed by atoms with Gasteiger partial charge < -0.3 is 10.2 Å². The Morgan fingerprint density at radius 2 is 2.05 bits per heavy atom. The molecule has 1 unspecified atom stereocenters. The fourth-order valence-corrected chi connectivity index (χ4v) is 2.40. The van der Waals surface area contributed by atoms with E-state index in [2.05, 4.69) is 42.9 Å². The molecule has 1 N–H and O–H groups in total. The molecule has 0 spiro atoms. The largest absolute Gasteiger partial charge is 0.309 e. The Labute approximate surface area is 122 Å². The molecule has 0 saturated heterocycles. The van der Waals surface area contributed by atoms with E-state index in [1.165, 1.54) is 12.3 Å². The highest BCUT2D eigenvalue weighted by atomic mass is 19.1. The summed E-state index contributed by atoms with van der Waals surface area (Å²) in [6.45, 7) is 12.9. The molecule has 114 valence electrons. The van der Waals surface area contributed by atoms with Crippen molar-refractivity contribution in [2.45, 2.75) is 40.2 Å². The lowest BCUT2D eigenvalue weighted by atomic mass is 10.1. The van der Waals surface area contributed by atoms with Crippen molar-refractivity contribution in [3.05, 3.63) is 29.8 Å². The number of rotatable bonds is 9. The van der Waals surface area contributed by atoms with E-state index in [-0.39, 0.29) is 11.9 Å². The standard InChI is InChI=1S/C16H28FN3/c1-5-18-16(15-8-7-14(17)11-19-15)9-10-20(6-2)12-13(3)4/h7-8,11,13,16,18H,5-6,9-10,12H2,1-4H3. The van der Waals surface area contributed by atoms with Crippen LogP contribution in [0.25, 0.3) is 0 Å². The summed E-state index contributed by atoms with van der Waals surface area (Å²) < 4.78 is 13.0. The number of halogens is 1. The summed E-state index contributed by atoms with van der Waals surface area (Å²) in [6.07, 6.45) is 2.29. The van der Waals surface area contributed by atoms with Crippen LogP contribution in [0.15, 0.2) is 18.3 Å². The Kier molecular flexibility index (Phi) is 7.70. The fraction of sp³-hybridized carbons (Fsp3) is 0.688. The first kappa shape index (κ1) is 17.1. The van der Waals surface area contributed by atoms with Crippen molar-refractivity contribution in [2.75, 3.05) is 26.2 Å². The van der Waals surface area contributed by atoms with Gasteiger partial charge in [0.1, 0.15) is 5.82 Å². The van der Waals surface area contributed by atoms with Crippen LogP contribution in [0.4, 0.5) is 4.39 Å². The maximum atomic E-state index is 13.0. The lowest BCUT2D eigenvalue weighted by Gasteiger charge is -2.25. The molecule has 0 aliphatic rings. The van der Waals surface area contributed by atoms with Gasteiger partial charge in [-0.15, -0.1) is 0 Å². The lowest BCUT2D eigenvalue weighted by molar-refractivity contribution is 0.241. The molecule has 20 heavy (non-hydrogen) atoms. The van der Waals surface area contributed by atoms with E-state index in [4.69, 9.17) is 0 Å². The van der Waals surface area contributed by atoms with Crippen molar-refractivity contribution < 1.29 is 4.39 Å². The number of hydrogen-bond donors (Lipinski definition) is 1. The second kappa shape index (κ2) is 9.03. The smallest absolute Gasteiger partial charge is 0.141 e. The van der Waals surface area contributed by atoms with E-state index >= 15 is 0 Å². The quantitative estimate of drug-likeness (QED) is 0.753. The minimum atomic E-state index is -0.279. The molecule has 0 fully saturated rings. The molecule has 0 saturated carbocycles. The van der Waals surface area contributed by atoms with Gasteiger partial charge in [-0.2, -0.15) is 0 Å². The molecule has 1 heterocycles. The van der Waals surface area contributed by atoms with E-state index in [1.807, 2.05) is 0 Å². The first-order valence-corrected chi connectivity index (χ1v) is 7.64. The van der Waals surface area contributed by atoms with Gasteiger partial charge in [0, 0.05) is 6.54 Å². The molecule has 4 heteroatoms. The fourth-order valence-electron chi connectivity index (χ4n) is 2.40. The molecular formula is C16H28FN3. The van der Waals surface area contributed by atoms with E-state index in [9.17, 15) is 4.39 Å². The Morgan fingerprint density at radius 3 is 2.55 bits per heavy atom. The number of nitrogens with zero attached hydrogens (tertiary/aromatic N) is 2. The Balaban J connectivity index is 2.60. The van der Waals surface area contributed by atoms with Crippen LogP contribution < -0.4 is 5.32 Å². The van der Waals surface area contributed by atoms with Crippen molar-refractivity contribution >= 4 is 0 Å². The van der Waals surface area contributed by atoms with Crippen molar-refractivity contribution in [3.8, 4) is 0 Å². The van der Waals surface area contributed by atoms with Gasteiger partial charge in [-0.05, 0) is 44.1 Å². The predicted octanol–water partition coefficient (Wildman–Crippen LogP) is 3.24. The van der Waals surface area contributed by atoms with E-state index in [1.54, 1.807) is 6.07 Å². The van der Waals surface area contributed by atoms with E-state index in [0.717, 1.165) is 38.3 Å². The van der Waals surface area contributed by atoms with Crippen molar-refractivity contribution in [1.29, 1.82) is 0 Å². The van der Waals surface area contributed by atoms with Gasteiger partial charge in [0.05, 0.1) is 17.9 Å². The number of nitrogens with one attached hydrogen (secondary N) is 1. The summed E-state index contributed by atoms with van der Waals surface area (Å²) in [5, 5.41) is 3.44. The summed E-state index contributed by atoms with van der Waals surface area (Å²) in [5.41, 5.74) is 0.925. The van der Waals surface area contributed by atoms with Gasteiger partial charge in [0.25, 0.3) is 0 Å². The molecule has 1 rings (SSSR count). The number of aromatic nitrogens is 1. The molecule has 0 bridgehead atoms. The van der Waals surface area contributed by atoms with Crippen LogP contribution in [-0.4, -0.2) is 36.1 Å². The monoisotopic (exact) mass is 281 g/mol. The van der Waals surface area contributed by atoms with Gasteiger partial charge in [-0.25, -0.2) is 4.39 Å². The summed E-state index contributed by atoms with van der Waals surface area (Å²) in [6, 6.07) is 3.46. The molecule has 1 atom stereocenters. The van der Waals surface area contributed by atoms with E-state index < -0.39 is 0 Å². The molecule has 0 aliphatic heterocycles. The topological polar surface area (TPSA) is 28.2 Å². The maximum Gasteiger partial charge on any atom is 0.141 e. The zero-order chi connectivity index (χ0) is 15.0. The zero-order valence-corrected chi connectivity index (χ0v) is 13.2. The maximum absolute atomic E-state index is 13.0. The van der Waals surface area contributed by atoms with Crippen LogP contribution in [0, 0.1) is 11.7 Å². The zero-order valence-electron chi connectivity index (χ0n) is 13.2. The summed E-state index contributed by atoms with van der Waals surface area (Å²) >= 11 is 0. The third-order valence-corrected chi connectivity index (χ3v) is 3.36. The van der Waals surface area contributed by atoms with Crippen LogP contribution in [-0.2, 0) is 0 Å². The van der Waals surface area contributed by atoms with Gasteiger partial charge in [0.15, 0.2) is 0 Å². The normalized spacial score (nSPS) is 13.2. The molecule has 3 nitrogen and oxygen atoms in total. The van der Waals surface area contributed by atoms with Crippen LogP contribution in [0.5, 0.6) is 0 Å². The minimum Gasteiger partial charge on any atom is -0.309 e. The Morgan fingerprint density at radius 1 is 1.30 bits per heavy atom. The SMILES string of the molecule is CCNC(CCN(CC)CC(C)C)c1ccc(F)cn1. The minimum absolute atomic E-state index is 0.196. The highest BCUT2D eigenvalue weighted by molar-refractivity contribution is 5.09. The second-order valence-corrected chi connectivity index (χ2v) is 5.59. The summed E-state index contributed by atoms with van der Waals surface area (Å²) in [7, 11) is 0. The Hall–Kier alpha value is -1.00. The molecule has 0 aromatic carbocycles. The van der Waals surface area contributed by atoms with Gasteiger partial charge in [0.2, 0.25) is 0 Å². The van der Waals surface area contributed by atoms with Gasteiger partial charge in [-0.3, -0.25) is 4.98 Å². The third kappa shape index (κ3) is 5.97. The Bertz CT molecular complexity index is 364. The number of hydrogen-bond acceptors (Lipinski definition) is 3. The van der Waals surface area contributed by atoms with Gasteiger partial charge >= 0.3 is 0 Å². The summed E-state index contributed by atoms with van der Waals surface area (Å²) in [5.74, 6) is 0.399. The lowest BCUT2D eigenvalue weighted by Crippen LogP contribution is -2.32. The van der Waals surface area contributed by atoms with Crippen molar-refractivity contribution in [3.63, 3.8) is 0 Å². The average molecular weight is 281 g/mol. The van der Waals surface area contributed by atoms with Crippen molar-refractivity contribution in [1.82, 2.24) is 15.2 Å². The van der Waals surface area contributed by atoms with Crippen LogP contribution in [0.1, 0.15) is 45.9 Å². The molecule has 1 aromatic rings. The number of pyridine rings is 1. The summed E-state index contributed by atoms with van der Waals surface area (Å²) in [4.78, 5) is 6.66. The highest BCUT2D eigenvalue weighted by Gasteiger charge is 2.14. The third-order valence-electron chi connectivity index (χ3n) is 3.36. The molecule has 0 radical (unpaired) electrons. The van der Waals surface area contributed by atoms with Crippen LogP contribution in [0.3, 0.4) is 0 Å². The first-order chi connectivity index (χ1) is 9.56. The van der Waals surface area contributed by atoms with E-state index in [0.29, 0.717) is 5.92 Å². The molecule has 0 aliphatic carbocycles. The van der Waals surface area contributed by atoms with Gasteiger partial charge in [-0.1, -0.05) is 27.7 Å². The average Bonchev–Trinajstić information content (AvgIpc) is 2.42. The second-order valence-electron chi connectivity index (χ2n) is 5.59. The predicted molar refractivity (Wildman–Crippen MR) is 82.2 cm³/mol.